The third kappa shape index (κ3) is 7.56. The summed E-state index contributed by atoms with van der Waals surface area (Å²) in [5.41, 5.74) is 0.982. The first-order valence-electron chi connectivity index (χ1n) is 7.00. The minimum atomic E-state index is -0.780. The Bertz CT molecular complexity index is 462. The van der Waals surface area contributed by atoms with E-state index in [-0.39, 0.29) is 18.5 Å². The lowest BCUT2D eigenvalue weighted by molar-refractivity contribution is -0.137. The highest BCUT2D eigenvalue weighted by Crippen LogP contribution is 2.15. The van der Waals surface area contributed by atoms with Crippen LogP contribution >= 0.6 is 11.6 Å². The molecule has 3 N–H and O–H groups in total. The number of halogens is 1. The van der Waals surface area contributed by atoms with Crippen LogP contribution in [0.5, 0.6) is 0 Å². The van der Waals surface area contributed by atoms with Crippen molar-refractivity contribution in [2.24, 2.45) is 0 Å². The van der Waals surface area contributed by atoms with Crippen LogP contribution in [0.4, 0.5) is 4.79 Å². The van der Waals surface area contributed by atoms with Crippen LogP contribution in [-0.2, 0) is 4.79 Å². The van der Waals surface area contributed by atoms with Gasteiger partial charge in [-0.05, 0) is 37.5 Å². The second kappa shape index (κ2) is 9.23. The summed E-state index contributed by atoms with van der Waals surface area (Å²) in [5.74, 6) is -0.780. The van der Waals surface area contributed by atoms with E-state index in [2.05, 4.69) is 10.6 Å². The predicted molar refractivity (Wildman–Crippen MR) is 82.5 cm³/mol. The molecule has 1 atom stereocenters. The average molecular weight is 313 g/mol. The van der Waals surface area contributed by atoms with Crippen molar-refractivity contribution in [3.05, 3.63) is 34.9 Å². The molecule has 0 radical (unpaired) electrons. The van der Waals surface area contributed by atoms with Crippen LogP contribution in [0.2, 0.25) is 5.02 Å². The minimum absolute atomic E-state index is 0.103. The van der Waals surface area contributed by atoms with E-state index in [4.69, 9.17) is 16.7 Å². The van der Waals surface area contributed by atoms with Crippen molar-refractivity contribution >= 4 is 23.6 Å². The topological polar surface area (TPSA) is 78.4 Å². The monoisotopic (exact) mass is 312 g/mol. The molecule has 1 unspecified atom stereocenters. The molecule has 1 rings (SSSR count). The number of carboxylic acid groups (broad SMARTS) is 1. The van der Waals surface area contributed by atoms with Crippen LogP contribution in [0.1, 0.15) is 44.2 Å². The highest BCUT2D eigenvalue weighted by atomic mass is 35.5. The molecular weight excluding hydrogens is 292 g/mol. The number of carbonyl (C=O) groups excluding carboxylic acids is 1. The predicted octanol–water partition coefficient (Wildman–Crippen LogP) is 3.35. The van der Waals surface area contributed by atoms with Crippen LogP contribution in [0, 0.1) is 0 Å². The van der Waals surface area contributed by atoms with Gasteiger partial charge in [0.25, 0.3) is 0 Å². The van der Waals surface area contributed by atoms with Gasteiger partial charge in [0.05, 0.1) is 6.04 Å². The number of rotatable bonds is 8. The van der Waals surface area contributed by atoms with Crippen molar-refractivity contribution in [1.82, 2.24) is 10.6 Å². The molecule has 116 valence electrons. The molecule has 5 nitrogen and oxygen atoms in total. The molecule has 0 bridgehead atoms. The molecule has 0 aromatic heterocycles. The summed E-state index contributed by atoms with van der Waals surface area (Å²) >= 11 is 5.82. The van der Waals surface area contributed by atoms with E-state index < -0.39 is 5.97 Å². The summed E-state index contributed by atoms with van der Waals surface area (Å²) in [5, 5.41) is 14.8. The number of aliphatic carboxylic acids is 1. The Balaban J connectivity index is 2.18. The molecule has 0 saturated heterocycles. The number of carboxylic acids is 1. The Hall–Kier alpha value is -1.75. The molecule has 6 heteroatoms. The Morgan fingerprint density at radius 1 is 1.19 bits per heavy atom. The fourth-order valence-corrected chi connectivity index (χ4v) is 1.99. The van der Waals surface area contributed by atoms with Crippen molar-refractivity contribution in [2.75, 3.05) is 6.54 Å². The molecule has 0 aliphatic rings. The lowest BCUT2D eigenvalue weighted by Crippen LogP contribution is -2.37. The van der Waals surface area contributed by atoms with Gasteiger partial charge in [-0.25, -0.2) is 4.79 Å². The summed E-state index contributed by atoms with van der Waals surface area (Å²) in [6.45, 7) is 2.44. The number of hydrogen-bond donors (Lipinski definition) is 3. The third-order valence-electron chi connectivity index (χ3n) is 3.07. The Morgan fingerprint density at radius 2 is 1.86 bits per heavy atom. The number of amides is 2. The first kappa shape index (κ1) is 17.3. The largest absolute Gasteiger partial charge is 0.481 e. The maximum absolute atomic E-state index is 11.7. The van der Waals surface area contributed by atoms with Crippen LogP contribution in [0.15, 0.2) is 24.3 Å². The number of hydrogen-bond acceptors (Lipinski definition) is 2. The van der Waals surface area contributed by atoms with Crippen molar-refractivity contribution in [3.63, 3.8) is 0 Å². The Kier molecular flexibility index (Phi) is 7.61. The summed E-state index contributed by atoms with van der Waals surface area (Å²) in [6.07, 6.45) is 2.38. The van der Waals surface area contributed by atoms with Gasteiger partial charge in [0.15, 0.2) is 0 Å². The zero-order chi connectivity index (χ0) is 15.7. The lowest BCUT2D eigenvalue weighted by Gasteiger charge is -2.15. The van der Waals surface area contributed by atoms with E-state index in [1.807, 2.05) is 19.1 Å². The van der Waals surface area contributed by atoms with E-state index in [1.54, 1.807) is 12.1 Å². The standard InChI is InChI=1S/C15H21ClN2O3/c1-11(12-6-8-13(16)9-7-12)18-15(21)17-10-4-2-3-5-14(19)20/h6-9,11H,2-5,10H2,1H3,(H,19,20)(H2,17,18,21). The van der Waals surface area contributed by atoms with Gasteiger partial charge in [0.1, 0.15) is 0 Å². The lowest BCUT2D eigenvalue weighted by atomic mass is 10.1. The second-order valence-corrected chi connectivity index (χ2v) is 5.31. The number of benzene rings is 1. The van der Waals surface area contributed by atoms with Crippen molar-refractivity contribution in [1.29, 1.82) is 0 Å². The van der Waals surface area contributed by atoms with Crippen molar-refractivity contribution < 1.29 is 14.7 Å². The molecule has 0 fully saturated rings. The SMILES string of the molecule is CC(NC(=O)NCCCCCC(=O)O)c1ccc(Cl)cc1. The van der Waals surface area contributed by atoms with Gasteiger partial charge in [-0.2, -0.15) is 0 Å². The van der Waals surface area contributed by atoms with E-state index in [1.165, 1.54) is 0 Å². The Morgan fingerprint density at radius 3 is 2.48 bits per heavy atom. The van der Waals surface area contributed by atoms with Gasteiger partial charge >= 0.3 is 12.0 Å². The first-order valence-corrected chi connectivity index (χ1v) is 7.38. The normalized spacial score (nSPS) is 11.7. The molecule has 1 aromatic rings. The number of carbonyl (C=O) groups is 2. The molecule has 0 heterocycles. The zero-order valence-electron chi connectivity index (χ0n) is 12.1. The van der Waals surface area contributed by atoms with Crippen LogP contribution in [0.3, 0.4) is 0 Å². The fourth-order valence-electron chi connectivity index (χ4n) is 1.86. The summed E-state index contributed by atoms with van der Waals surface area (Å²) in [7, 11) is 0. The first-order chi connectivity index (χ1) is 9.99. The highest BCUT2D eigenvalue weighted by molar-refractivity contribution is 6.30. The van der Waals surface area contributed by atoms with E-state index >= 15 is 0 Å². The zero-order valence-corrected chi connectivity index (χ0v) is 12.8. The number of nitrogens with one attached hydrogen (secondary N) is 2. The van der Waals surface area contributed by atoms with E-state index in [0.29, 0.717) is 18.0 Å². The molecule has 2 amide bonds. The quantitative estimate of drug-likeness (QED) is 0.644. The molecule has 0 spiro atoms. The van der Waals surface area contributed by atoms with Gasteiger partial charge in [-0.3, -0.25) is 4.79 Å². The number of unbranched alkanes of at least 4 members (excludes halogenated alkanes) is 2. The fraction of sp³-hybridized carbons (Fsp3) is 0.467. The molecular formula is C15H21ClN2O3. The molecule has 21 heavy (non-hydrogen) atoms. The van der Waals surface area contributed by atoms with Crippen molar-refractivity contribution in [2.45, 2.75) is 38.6 Å². The van der Waals surface area contributed by atoms with Gasteiger partial charge in [-0.1, -0.05) is 30.2 Å². The molecule has 0 aliphatic carbocycles. The smallest absolute Gasteiger partial charge is 0.315 e. The number of urea groups is 1. The molecule has 0 aliphatic heterocycles. The van der Waals surface area contributed by atoms with E-state index in [9.17, 15) is 9.59 Å². The van der Waals surface area contributed by atoms with Gasteiger partial charge in [0, 0.05) is 18.0 Å². The maximum atomic E-state index is 11.7. The van der Waals surface area contributed by atoms with Crippen LogP contribution in [-0.4, -0.2) is 23.7 Å². The minimum Gasteiger partial charge on any atom is -0.481 e. The average Bonchev–Trinajstić information content (AvgIpc) is 2.43. The summed E-state index contributed by atoms with van der Waals surface area (Å²) in [6, 6.07) is 6.99. The third-order valence-corrected chi connectivity index (χ3v) is 3.32. The highest BCUT2D eigenvalue weighted by Gasteiger charge is 2.08. The molecule has 1 aromatic carbocycles. The van der Waals surface area contributed by atoms with Gasteiger partial charge < -0.3 is 15.7 Å². The van der Waals surface area contributed by atoms with Crippen LogP contribution < -0.4 is 10.6 Å². The van der Waals surface area contributed by atoms with E-state index in [0.717, 1.165) is 18.4 Å². The van der Waals surface area contributed by atoms with Crippen molar-refractivity contribution in [3.8, 4) is 0 Å². The van der Waals surface area contributed by atoms with Gasteiger partial charge in [-0.15, -0.1) is 0 Å². The maximum Gasteiger partial charge on any atom is 0.315 e. The summed E-state index contributed by atoms with van der Waals surface area (Å²) in [4.78, 5) is 22.0. The second-order valence-electron chi connectivity index (χ2n) is 4.88. The molecule has 0 saturated carbocycles. The Labute approximate surface area is 129 Å². The summed E-state index contributed by atoms with van der Waals surface area (Å²) < 4.78 is 0. The van der Waals surface area contributed by atoms with Crippen LogP contribution in [0.25, 0.3) is 0 Å². The van der Waals surface area contributed by atoms with Gasteiger partial charge in [0.2, 0.25) is 0 Å².